The lowest BCUT2D eigenvalue weighted by molar-refractivity contribution is -0.113. The van der Waals surface area contributed by atoms with E-state index in [1.807, 2.05) is 45.9 Å². The number of anilines is 1. The van der Waals surface area contributed by atoms with Crippen LogP contribution in [-0.4, -0.2) is 26.8 Å². The van der Waals surface area contributed by atoms with E-state index in [1.165, 1.54) is 17.3 Å². The van der Waals surface area contributed by atoms with Gasteiger partial charge in [-0.1, -0.05) is 43.3 Å². The second-order valence-electron chi connectivity index (χ2n) is 5.31. The molecule has 0 bridgehead atoms. The Morgan fingerprint density at radius 2 is 2.14 bits per heavy atom. The zero-order valence-corrected chi connectivity index (χ0v) is 13.5. The molecule has 0 aliphatic carbocycles. The van der Waals surface area contributed by atoms with Crippen molar-refractivity contribution in [3.05, 3.63) is 35.2 Å². The van der Waals surface area contributed by atoms with Crippen LogP contribution in [0.1, 0.15) is 36.7 Å². The molecule has 1 aromatic carbocycles. The van der Waals surface area contributed by atoms with E-state index >= 15 is 0 Å². The molecule has 0 saturated carbocycles. The summed E-state index contributed by atoms with van der Waals surface area (Å²) in [5, 5.41) is 10.5. The smallest absolute Gasteiger partial charge is 0.234 e. The van der Waals surface area contributed by atoms with Crippen molar-refractivity contribution in [2.75, 3.05) is 11.1 Å². The second-order valence-corrected chi connectivity index (χ2v) is 6.26. The molecule has 112 valence electrons. The number of amides is 1. The minimum absolute atomic E-state index is 0.0529. The number of H-pyrrole nitrogens is 1. The molecule has 0 unspecified atom stereocenters. The number of aromatic nitrogens is 3. The van der Waals surface area contributed by atoms with Crippen LogP contribution in [0.5, 0.6) is 0 Å². The molecule has 0 aliphatic rings. The van der Waals surface area contributed by atoms with Gasteiger partial charge in [0.1, 0.15) is 5.82 Å². The third kappa shape index (κ3) is 4.32. The van der Waals surface area contributed by atoms with Crippen molar-refractivity contribution >= 4 is 23.4 Å². The maximum atomic E-state index is 12.0. The average Bonchev–Trinajstić information content (AvgIpc) is 2.89. The summed E-state index contributed by atoms with van der Waals surface area (Å²) in [5.74, 6) is 1.38. The van der Waals surface area contributed by atoms with Crippen molar-refractivity contribution in [3.63, 3.8) is 0 Å². The van der Waals surface area contributed by atoms with Crippen LogP contribution in [0.3, 0.4) is 0 Å². The first-order valence-corrected chi connectivity index (χ1v) is 7.86. The van der Waals surface area contributed by atoms with Crippen LogP contribution in [0.2, 0.25) is 0 Å². The predicted octanol–water partition coefficient (Wildman–Crippen LogP) is 3.28. The van der Waals surface area contributed by atoms with E-state index in [-0.39, 0.29) is 5.91 Å². The number of carbonyl (C=O) groups is 1. The number of thioether (sulfide) groups is 1. The van der Waals surface area contributed by atoms with Crippen LogP contribution in [-0.2, 0) is 4.79 Å². The van der Waals surface area contributed by atoms with Crippen LogP contribution in [0.15, 0.2) is 23.4 Å². The second kappa shape index (κ2) is 6.76. The quantitative estimate of drug-likeness (QED) is 0.832. The maximum absolute atomic E-state index is 12.0. The lowest BCUT2D eigenvalue weighted by atomic mass is 10.1. The predicted molar refractivity (Wildman–Crippen MR) is 85.7 cm³/mol. The number of rotatable bonds is 5. The van der Waals surface area contributed by atoms with Gasteiger partial charge in [-0.2, -0.15) is 0 Å². The Balaban J connectivity index is 1.89. The van der Waals surface area contributed by atoms with Gasteiger partial charge in [-0.15, -0.1) is 5.10 Å². The Kier molecular flexibility index (Phi) is 5.01. The van der Waals surface area contributed by atoms with Crippen molar-refractivity contribution in [2.24, 2.45) is 0 Å². The van der Waals surface area contributed by atoms with E-state index in [0.717, 1.165) is 17.1 Å². The molecule has 0 aliphatic heterocycles. The van der Waals surface area contributed by atoms with Gasteiger partial charge in [-0.3, -0.25) is 9.89 Å². The fourth-order valence-electron chi connectivity index (χ4n) is 1.85. The number of nitrogens with zero attached hydrogens (tertiary/aromatic N) is 2. The van der Waals surface area contributed by atoms with E-state index in [0.29, 0.717) is 16.8 Å². The Hall–Kier alpha value is -1.82. The summed E-state index contributed by atoms with van der Waals surface area (Å²) in [4.78, 5) is 16.3. The summed E-state index contributed by atoms with van der Waals surface area (Å²) in [5.41, 5.74) is 3.10. The molecule has 2 N–H and O–H groups in total. The molecule has 2 aromatic rings. The number of aryl methyl sites for hydroxylation is 2. The van der Waals surface area contributed by atoms with Gasteiger partial charge in [-0.05, 0) is 25.5 Å². The first-order chi connectivity index (χ1) is 9.95. The lowest BCUT2D eigenvalue weighted by Gasteiger charge is -2.08. The van der Waals surface area contributed by atoms with Gasteiger partial charge in [0.05, 0.1) is 5.75 Å². The molecule has 5 nitrogen and oxygen atoms in total. The van der Waals surface area contributed by atoms with E-state index in [2.05, 4.69) is 20.5 Å². The third-order valence-corrected chi connectivity index (χ3v) is 3.86. The topological polar surface area (TPSA) is 70.7 Å². The van der Waals surface area contributed by atoms with Crippen molar-refractivity contribution in [3.8, 4) is 0 Å². The Bertz CT molecular complexity index is 636. The largest absolute Gasteiger partial charge is 0.325 e. The highest BCUT2D eigenvalue weighted by molar-refractivity contribution is 7.99. The zero-order chi connectivity index (χ0) is 15.4. The summed E-state index contributed by atoms with van der Waals surface area (Å²) in [6.45, 7) is 8.10. The van der Waals surface area contributed by atoms with Crippen LogP contribution >= 0.6 is 11.8 Å². The molecule has 0 spiro atoms. The number of carbonyl (C=O) groups excluding carboxylic acids is 1. The summed E-state index contributed by atoms with van der Waals surface area (Å²) in [7, 11) is 0. The fourth-order valence-corrected chi connectivity index (χ4v) is 2.46. The highest BCUT2D eigenvalue weighted by Gasteiger charge is 2.10. The molecular formula is C15H20N4OS. The van der Waals surface area contributed by atoms with Crippen LogP contribution in [0.4, 0.5) is 5.69 Å². The molecule has 1 amide bonds. The molecule has 6 heteroatoms. The highest BCUT2D eigenvalue weighted by atomic mass is 32.2. The van der Waals surface area contributed by atoms with Gasteiger partial charge < -0.3 is 5.32 Å². The van der Waals surface area contributed by atoms with Gasteiger partial charge >= 0.3 is 0 Å². The molecule has 0 saturated heterocycles. The van der Waals surface area contributed by atoms with Crippen molar-refractivity contribution in [2.45, 2.75) is 38.8 Å². The summed E-state index contributed by atoms with van der Waals surface area (Å²) in [6, 6.07) is 5.96. The summed E-state index contributed by atoms with van der Waals surface area (Å²) >= 11 is 1.33. The molecule has 0 fully saturated rings. The lowest BCUT2D eigenvalue weighted by Crippen LogP contribution is -2.15. The number of hydrogen-bond donors (Lipinski definition) is 2. The van der Waals surface area contributed by atoms with Gasteiger partial charge in [0.15, 0.2) is 0 Å². The van der Waals surface area contributed by atoms with Crippen LogP contribution < -0.4 is 5.32 Å². The van der Waals surface area contributed by atoms with E-state index in [1.54, 1.807) is 0 Å². The van der Waals surface area contributed by atoms with Crippen molar-refractivity contribution in [1.82, 2.24) is 15.2 Å². The van der Waals surface area contributed by atoms with Gasteiger partial charge in [0.2, 0.25) is 11.1 Å². The van der Waals surface area contributed by atoms with Crippen LogP contribution in [0, 0.1) is 13.8 Å². The molecule has 1 aromatic heterocycles. The van der Waals surface area contributed by atoms with E-state index < -0.39 is 0 Å². The average molecular weight is 304 g/mol. The Labute approximate surface area is 128 Å². The molecule has 1 heterocycles. The standard InChI is InChI=1S/C15H20N4OS/c1-9(2)14-17-15(19-18-14)21-8-13(20)16-12-6-5-10(3)7-11(12)4/h5-7,9H,8H2,1-4H3,(H,16,20)(H,17,18,19). The maximum Gasteiger partial charge on any atom is 0.234 e. The molecule has 21 heavy (non-hydrogen) atoms. The number of aromatic amines is 1. The van der Waals surface area contributed by atoms with Crippen LogP contribution in [0.25, 0.3) is 0 Å². The zero-order valence-electron chi connectivity index (χ0n) is 12.7. The van der Waals surface area contributed by atoms with Gasteiger partial charge in [-0.25, -0.2) is 4.98 Å². The van der Waals surface area contributed by atoms with Gasteiger partial charge in [0, 0.05) is 11.6 Å². The number of nitrogens with one attached hydrogen (secondary N) is 2. The molecule has 0 atom stereocenters. The fraction of sp³-hybridized carbons (Fsp3) is 0.400. The normalized spacial score (nSPS) is 10.9. The first kappa shape index (κ1) is 15.6. The van der Waals surface area contributed by atoms with E-state index in [4.69, 9.17) is 0 Å². The Morgan fingerprint density at radius 3 is 2.76 bits per heavy atom. The molecule has 2 rings (SSSR count). The van der Waals surface area contributed by atoms with E-state index in [9.17, 15) is 4.79 Å². The van der Waals surface area contributed by atoms with Crippen molar-refractivity contribution < 1.29 is 4.79 Å². The van der Waals surface area contributed by atoms with Gasteiger partial charge in [0.25, 0.3) is 0 Å². The summed E-state index contributed by atoms with van der Waals surface area (Å²) < 4.78 is 0. The number of benzene rings is 1. The minimum atomic E-state index is -0.0529. The Morgan fingerprint density at radius 1 is 1.38 bits per heavy atom. The molecular weight excluding hydrogens is 284 g/mol. The minimum Gasteiger partial charge on any atom is -0.325 e. The van der Waals surface area contributed by atoms with Crippen molar-refractivity contribution in [1.29, 1.82) is 0 Å². The SMILES string of the molecule is Cc1ccc(NC(=O)CSc2n[nH]c(C(C)C)n2)c(C)c1. The molecule has 0 radical (unpaired) electrons. The monoisotopic (exact) mass is 304 g/mol. The number of hydrogen-bond acceptors (Lipinski definition) is 4. The first-order valence-electron chi connectivity index (χ1n) is 6.88. The summed E-state index contributed by atoms with van der Waals surface area (Å²) in [6.07, 6.45) is 0. The highest BCUT2D eigenvalue weighted by Crippen LogP contribution is 2.18. The third-order valence-electron chi connectivity index (χ3n) is 3.02.